The lowest BCUT2D eigenvalue weighted by atomic mass is 9.85. The van der Waals surface area contributed by atoms with Gasteiger partial charge in [-0.3, -0.25) is 0 Å². The van der Waals surface area contributed by atoms with E-state index in [9.17, 15) is 0 Å². The molecule has 172 valence electrons. The van der Waals surface area contributed by atoms with E-state index in [1.54, 1.807) is 0 Å². The maximum absolute atomic E-state index is 2.42. The SMILES string of the molecule is CN(C)c1ccc(/C=C/C=C/c2cc[n+]3c(c2)-c2c(ccc4c2-c2cccc[n+]2CC4)CC3)cc1. The monoisotopic (exact) mass is 457 g/mol. The lowest BCUT2D eigenvalue weighted by Gasteiger charge is -2.22. The van der Waals surface area contributed by atoms with Gasteiger partial charge in [-0.1, -0.05) is 48.6 Å². The second-order valence-electron chi connectivity index (χ2n) is 9.66. The summed E-state index contributed by atoms with van der Waals surface area (Å²) in [4.78, 5) is 2.12. The van der Waals surface area contributed by atoms with Crippen molar-refractivity contribution in [2.24, 2.45) is 0 Å². The van der Waals surface area contributed by atoms with Gasteiger partial charge in [0, 0.05) is 56.9 Å². The average Bonchev–Trinajstić information content (AvgIpc) is 2.90. The molecule has 0 radical (unpaired) electrons. The molecule has 0 aliphatic carbocycles. The summed E-state index contributed by atoms with van der Waals surface area (Å²) in [5.41, 5.74) is 12.1. The van der Waals surface area contributed by atoms with Crippen LogP contribution in [0.2, 0.25) is 0 Å². The van der Waals surface area contributed by atoms with Crippen LogP contribution < -0.4 is 14.0 Å². The molecule has 6 rings (SSSR count). The molecule has 0 saturated carbocycles. The molecule has 0 saturated heterocycles. The standard InChI is InChI=1S/C32H31N3/c1-33(2)28-14-10-24(11-15-28)7-3-4-8-25-16-20-35-22-18-27-13-12-26-17-21-34-19-6-5-9-29(34)31(26)32(27)30(35)23-25/h3-16,19-20,23H,17-18,21-22H2,1-2H3/q+2. The second-order valence-corrected chi connectivity index (χ2v) is 9.66. The molecule has 0 N–H and O–H groups in total. The molecule has 2 aliphatic heterocycles. The van der Waals surface area contributed by atoms with Crippen LogP contribution in [-0.2, 0) is 25.9 Å². The number of hydrogen-bond acceptors (Lipinski definition) is 1. The first kappa shape index (κ1) is 21.5. The van der Waals surface area contributed by atoms with Gasteiger partial charge in [-0.2, -0.15) is 9.13 Å². The van der Waals surface area contributed by atoms with Crippen molar-refractivity contribution in [3.63, 3.8) is 0 Å². The van der Waals surface area contributed by atoms with Crippen molar-refractivity contribution in [1.82, 2.24) is 0 Å². The van der Waals surface area contributed by atoms with Crippen LogP contribution >= 0.6 is 0 Å². The van der Waals surface area contributed by atoms with Crippen LogP contribution in [0, 0.1) is 0 Å². The van der Waals surface area contributed by atoms with E-state index in [1.807, 2.05) is 0 Å². The molecule has 0 fully saturated rings. The number of pyridine rings is 2. The number of benzene rings is 2. The lowest BCUT2D eigenvalue weighted by molar-refractivity contribution is -0.689. The Morgan fingerprint density at radius 3 is 2.03 bits per heavy atom. The van der Waals surface area contributed by atoms with Crippen LogP contribution in [-0.4, -0.2) is 14.1 Å². The first-order chi connectivity index (χ1) is 17.2. The number of aromatic nitrogens is 2. The van der Waals surface area contributed by atoms with E-state index in [0.717, 1.165) is 25.9 Å². The highest BCUT2D eigenvalue weighted by Gasteiger charge is 2.33. The zero-order chi connectivity index (χ0) is 23.8. The lowest BCUT2D eigenvalue weighted by Crippen LogP contribution is -2.43. The predicted molar refractivity (Wildman–Crippen MR) is 144 cm³/mol. The molecule has 0 atom stereocenters. The van der Waals surface area contributed by atoms with E-state index in [1.165, 1.54) is 50.5 Å². The zero-order valence-corrected chi connectivity index (χ0v) is 20.5. The van der Waals surface area contributed by atoms with Crippen molar-refractivity contribution in [2.45, 2.75) is 25.9 Å². The van der Waals surface area contributed by atoms with Gasteiger partial charge >= 0.3 is 0 Å². The summed E-state index contributed by atoms with van der Waals surface area (Å²) in [6, 6.07) is 24.5. The molecule has 35 heavy (non-hydrogen) atoms. The summed E-state index contributed by atoms with van der Waals surface area (Å²) in [7, 11) is 4.13. The van der Waals surface area contributed by atoms with Crippen molar-refractivity contribution in [3.05, 3.63) is 114 Å². The highest BCUT2D eigenvalue weighted by Crippen LogP contribution is 2.39. The number of nitrogens with zero attached hydrogens (tertiary/aromatic N) is 3. The van der Waals surface area contributed by atoms with E-state index in [4.69, 9.17) is 0 Å². The van der Waals surface area contributed by atoms with Crippen molar-refractivity contribution in [1.29, 1.82) is 0 Å². The van der Waals surface area contributed by atoms with Gasteiger partial charge in [-0.15, -0.1) is 0 Å². The zero-order valence-electron chi connectivity index (χ0n) is 20.5. The maximum atomic E-state index is 2.42. The molecule has 0 bridgehead atoms. The van der Waals surface area contributed by atoms with E-state index in [-0.39, 0.29) is 0 Å². The van der Waals surface area contributed by atoms with E-state index in [0.29, 0.717) is 0 Å². The smallest absolute Gasteiger partial charge is 0.214 e. The number of aryl methyl sites for hydroxylation is 4. The Labute approximate surface area is 207 Å². The molecule has 4 heterocycles. The molecule has 0 amide bonds. The summed E-state index contributed by atoms with van der Waals surface area (Å²) in [6.07, 6.45) is 15.3. The molecule has 4 aromatic rings. The van der Waals surface area contributed by atoms with Crippen molar-refractivity contribution in [2.75, 3.05) is 19.0 Å². The Morgan fingerprint density at radius 1 is 0.657 bits per heavy atom. The molecule has 0 spiro atoms. The molecular formula is C32H31N3+2. The summed E-state index contributed by atoms with van der Waals surface area (Å²) < 4.78 is 4.82. The average molecular weight is 458 g/mol. The van der Waals surface area contributed by atoms with Crippen molar-refractivity contribution in [3.8, 4) is 22.5 Å². The van der Waals surface area contributed by atoms with E-state index in [2.05, 4.69) is 132 Å². The van der Waals surface area contributed by atoms with Gasteiger partial charge in [0.15, 0.2) is 25.5 Å². The van der Waals surface area contributed by atoms with Crippen LogP contribution in [0.15, 0.2) is 91.3 Å². The van der Waals surface area contributed by atoms with Crippen LogP contribution in [0.25, 0.3) is 34.7 Å². The second kappa shape index (κ2) is 8.99. The third-order valence-corrected chi connectivity index (χ3v) is 7.23. The third kappa shape index (κ3) is 4.08. The number of rotatable bonds is 4. The van der Waals surface area contributed by atoms with Crippen LogP contribution in [0.3, 0.4) is 0 Å². The van der Waals surface area contributed by atoms with Crippen LogP contribution in [0.5, 0.6) is 0 Å². The van der Waals surface area contributed by atoms with Gasteiger partial charge in [0.25, 0.3) is 0 Å². The van der Waals surface area contributed by atoms with Gasteiger partial charge in [-0.25, -0.2) is 0 Å². The van der Waals surface area contributed by atoms with Gasteiger partial charge in [0.05, 0.1) is 11.1 Å². The van der Waals surface area contributed by atoms with Crippen LogP contribution in [0.4, 0.5) is 5.69 Å². The summed E-state index contributed by atoms with van der Waals surface area (Å²) >= 11 is 0. The third-order valence-electron chi connectivity index (χ3n) is 7.23. The first-order valence-electron chi connectivity index (χ1n) is 12.5. The van der Waals surface area contributed by atoms with Crippen molar-refractivity contribution >= 4 is 17.8 Å². The van der Waals surface area contributed by atoms with E-state index < -0.39 is 0 Å². The Hall–Kier alpha value is -3.98. The number of fused-ring (bicyclic) bond motifs is 7. The Balaban J connectivity index is 1.33. The maximum Gasteiger partial charge on any atom is 0.214 e. The molecular weight excluding hydrogens is 426 g/mol. The van der Waals surface area contributed by atoms with Crippen molar-refractivity contribution < 1.29 is 9.13 Å². The van der Waals surface area contributed by atoms with E-state index >= 15 is 0 Å². The summed E-state index contributed by atoms with van der Waals surface area (Å²) in [5, 5.41) is 0. The fourth-order valence-electron chi connectivity index (χ4n) is 5.35. The highest BCUT2D eigenvalue weighted by molar-refractivity contribution is 5.84. The molecule has 3 heteroatoms. The number of hydrogen-bond donors (Lipinski definition) is 0. The molecule has 0 unspecified atom stereocenters. The molecule has 3 nitrogen and oxygen atoms in total. The largest absolute Gasteiger partial charge is 0.378 e. The highest BCUT2D eigenvalue weighted by atomic mass is 15.1. The first-order valence-corrected chi connectivity index (χ1v) is 12.5. The summed E-state index contributed by atoms with van der Waals surface area (Å²) in [6.45, 7) is 2.08. The van der Waals surface area contributed by atoms with Gasteiger partial charge < -0.3 is 4.90 Å². The summed E-state index contributed by atoms with van der Waals surface area (Å²) in [5.74, 6) is 0. The molecule has 2 aliphatic rings. The minimum Gasteiger partial charge on any atom is -0.378 e. The minimum absolute atomic E-state index is 1.03. The normalized spacial score (nSPS) is 13.9. The van der Waals surface area contributed by atoms with Gasteiger partial charge in [0.1, 0.15) is 0 Å². The predicted octanol–water partition coefficient (Wildman–Crippen LogP) is 5.50. The Kier molecular flexibility index (Phi) is 5.54. The van der Waals surface area contributed by atoms with Gasteiger partial charge in [0.2, 0.25) is 11.4 Å². The number of anilines is 1. The fraction of sp³-hybridized carbons (Fsp3) is 0.188. The topological polar surface area (TPSA) is 11.0 Å². The Morgan fingerprint density at radius 2 is 1.31 bits per heavy atom. The van der Waals surface area contributed by atoms with Gasteiger partial charge in [-0.05, 0) is 40.5 Å². The van der Waals surface area contributed by atoms with Crippen LogP contribution in [0.1, 0.15) is 22.3 Å². The Bertz CT molecular complexity index is 1460. The minimum atomic E-state index is 1.03. The molecule has 2 aromatic carbocycles. The fourth-order valence-corrected chi connectivity index (χ4v) is 5.35. The quantitative estimate of drug-likeness (QED) is 0.291. The number of allylic oxidation sites excluding steroid dienone is 2. The molecule has 2 aromatic heterocycles.